The maximum atomic E-state index is 2.31. The van der Waals surface area contributed by atoms with Gasteiger partial charge >= 0.3 is 0 Å². The fourth-order valence-electron chi connectivity index (χ4n) is 1.89. The lowest BCUT2D eigenvalue weighted by molar-refractivity contribution is 0.758. The monoisotopic (exact) mass is 173 g/mol. The van der Waals surface area contributed by atoms with Crippen molar-refractivity contribution in [3.8, 4) is 0 Å². The molecule has 1 aromatic heterocycles. The number of aryl methyl sites for hydroxylation is 2. The van der Waals surface area contributed by atoms with Crippen LogP contribution in [0.15, 0.2) is 24.4 Å². The Kier molecular flexibility index (Phi) is 2.09. The largest absolute Gasteiger partial charge is 0.348 e. The van der Waals surface area contributed by atoms with E-state index in [0.29, 0.717) is 0 Å². The van der Waals surface area contributed by atoms with Crippen LogP contribution < -0.4 is 0 Å². The molecule has 1 nitrogen and oxygen atoms in total. The van der Waals surface area contributed by atoms with Crippen molar-refractivity contribution in [3.05, 3.63) is 41.2 Å². The summed E-state index contributed by atoms with van der Waals surface area (Å²) in [6.07, 6.45) is 12.0. The molecule has 0 atom stereocenters. The van der Waals surface area contributed by atoms with Gasteiger partial charge in [-0.25, -0.2) is 0 Å². The van der Waals surface area contributed by atoms with Gasteiger partial charge in [0, 0.05) is 18.4 Å². The van der Waals surface area contributed by atoms with Crippen molar-refractivity contribution in [2.75, 3.05) is 0 Å². The average molecular weight is 173 g/mol. The van der Waals surface area contributed by atoms with Crippen LogP contribution in [-0.2, 0) is 13.0 Å². The second-order valence-electron chi connectivity index (χ2n) is 3.45. The van der Waals surface area contributed by atoms with Crippen LogP contribution >= 0.6 is 0 Å². The van der Waals surface area contributed by atoms with Crippen LogP contribution in [0.4, 0.5) is 0 Å². The summed E-state index contributed by atoms with van der Waals surface area (Å²) in [6.45, 7) is 5.43. The van der Waals surface area contributed by atoms with Gasteiger partial charge in [-0.3, -0.25) is 0 Å². The topological polar surface area (TPSA) is 4.93 Å². The quantitative estimate of drug-likeness (QED) is 0.615. The third-order valence-electron chi connectivity index (χ3n) is 2.61. The smallest absolute Gasteiger partial charge is 0.0445 e. The van der Waals surface area contributed by atoms with E-state index in [2.05, 4.69) is 48.9 Å². The molecule has 0 radical (unpaired) electrons. The first-order valence-electron chi connectivity index (χ1n) is 4.84. The minimum absolute atomic E-state index is 1.06. The van der Waals surface area contributed by atoms with E-state index in [1.807, 2.05) is 0 Å². The molecule has 0 saturated carbocycles. The highest BCUT2D eigenvalue weighted by atomic mass is 15.0. The zero-order valence-corrected chi connectivity index (χ0v) is 8.25. The molecule has 0 aliphatic heterocycles. The molecule has 1 heterocycles. The number of allylic oxidation sites excluding steroid dienone is 3. The molecular weight excluding hydrogens is 158 g/mol. The highest BCUT2D eigenvalue weighted by Gasteiger charge is 2.09. The molecule has 0 bridgehead atoms. The summed E-state index contributed by atoms with van der Waals surface area (Å²) >= 11 is 0. The maximum Gasteiger partial charge on any atom is 0.0445 e. The van der Waals surface area contributed by atoms with Crippen LogP contribution in [0.25, 0.3) is 6.08 Å². The highest BCUT2D eigenvalue weighted by Crippen LogP contribution is 2.21. The van der Waals surface area contributed by atoms with Crippen molar-refractivity contribution in [3.63, 3.8) is 0 Å². The van der Waals surface area contributed by atoms with Gasteiger partial charge in [0.15, 0.2) is 0 Å². The summed E-state index contributed by atoms with van der Waals surface area (Å²) in [7, 11) is 0. The Balaban J connectivity index is 2.56. The van der Waals surface area contributed by atoms with Gasteiger partial charge < -0.3 is 4.57 Å². The van der Waals surface area contributed by atoms with E-state index in [1.54, 1.807) is 0 Å². The van der Waals surface area contributed by atoms with Gasteiger partial charge in [0.05, 0.1) is 0 Å². The van der Waals surface area contributed by atoms with Gasteiger partial charge in [-0.1, -0.05) is 18.2 Å². The lowest BCUT2D eigenvalue weighted by atomic mass is 10.1. The SMILES string of the molecule is CCn1cc(C)c2c1C=CC=CC2. The number of aromatic nitrogens is 1. The summed E-state index contributed by atoms with van der Waals surface area (Å²) in [5, 5.41) is 0. The fraction of sp³-hybridized carbons (Fsp3) is 0.333. The predicted molar refractivity (Wildman–Crippen MR) is 56.7 cm³/mol. The van der Waals surface area contributed by atoms with Crippen LogP contribution in [0.2, 0.25) is 0 Å². The number of nitrogens with zero attached hydrogens (tertiary/aromatic N) is 1. The second-order valence-corrected chi connectivity index (χ2v) is 3.45. The third-order valence-corrected chi connectivity index (χ3v) is 2.61. The van der Waals surface area contributed by atoms with Gasteiger partial charge in [-0.15, -0.1) is 0 Å². The minimum Gasteiger partial charge on any atom is -0.348 e. The van der Waals surface area contributed by atoms with Gasteiger partial charge in [0.2, 0.25) is 0 Å². The second kappa shape index (κ2) is 3.25. The molecule has 1 aliphatic carbocycles. The molecule has 1 heteroatoms. The van der Waals surface area contributed by atoms with Crippen LogP contribution in [-0.4, -0.2) is 4.57 Å². The standard InChI is InChI=1S/C12H15N/c1-3-13-9-10(2)11-7-5-4-6-8-12(11)13/h4-6,8-9H,3,7H2,1-2H3. The number of fused-ring (bicyclic) bond motifs is 1. The number of hydrogen-bond donors (Lipinski definition) is 0. The fourth-order valence-corrected chi connectivity index (χ4v) is 1.89. The van der Waals surface area contributed by atoms with Crippen LogP contribution in [0.5, 0.6) is 0 Å². The predicted octanol–water partition coefficient (Wildman–Crippen LogP) is 2.94. The molecule has 0 N–H and O–H groups in total. The van der Waals surface area contributed by atoms with Crippen molar-refractivity contribution in [1.82, 2.24) is 4.57 Å². The summed E-state index contributed by atoms with van der Waals surface area (Å²) in [5.74, 6) is 0. The summed E-state index contributed by atoms with van der Waals surface area (Å²) < 4.78 is 2.31. The molecule has 0 unspecified atom stereocenters. The molecule has 1 aliphatic rings. The van der Waals surface area contributed by atoms with Crippen LogP contribution in [0, 0.1) is 6.92 Å². The molecule has 0 saturated heterocycles. The Morgan fingerprint density at radius 1 is 1.38 bits per heavy atom. The van der Waals surface area contributed by atoms with Crippen molar-refractivity contribution >= 4 is 6.08 Å². The van der Waals surface area contributed by atoms with E-state index in [9.17, 15) is 0 Å². The Hall–Kier alpha value is -1.24. The van der Waals surface area contributed by atoms with Crippen molar-refractivity contribution in [1.29, 1.82) is 0 Å². The van der Waals surface area contributed by atoms with Crippen molar-refractivity contribution in [2.45, 2.75) is 26.8 Å². The Bertz CT molecular complexity index is 367. The molecule has 2 rings (SSSR count). The first kappa shape index (κ1) is 8.36. The zero-order chi connectivity index (χ0) is 9.26. The van der Waals surface area contributed by atoms with Gasteiger partial charge in [0.25, 0.3) is 0 Å². The van der Waals surface area contributed by atoms with Crippen molar-refractivity contribution in [2.24, 2.45) is 0 Å². The zero-order valence-electron chi connectivity index (χ0n) is 8.25. The lowest BCUT2D eigenvalue weighted by Gasteiger charge is -2.02. The van der Waals surface area contributed by atoms with Crippen molar-refractivity contribution < 1.29 is 0 Å². The van der Waals surface area contributed by atoms with Gasteiger partial charge in [-0.2, -0.15) is 0 Å². The van der Waals surface area contributed by atoms with Crippen LogP contribution in [0.1, 0.15) is 23.7 Å². The third kappa shape index (κ3) is 1.35. The Labute approximate surface area is 79.4 Å². The number of rotatable bonds is 1. The summed E-state index contributed by atoms with van der Waals surface area (Å²) in [6, 6.07) is 0. The Morgan fingerprint density at radius 2 is 2.23 bits per heavy atom. The lowest BCUT2D eigenvalue weighted by Crippen LogP contribution is -1.95. The van der Waals surface area contributed by atoms with E-state index in [1.165, 1.54) is 16.8 Å². The number of hydrogen-bond acceptors (Lipinski definition) is 0. The highest BCUT2D eigenvalue weighted by molar-refractivity contribution is 5.57. The first-order valence-corrected chi connectivity index (χ1v) is 4.84. The average Bonchev–Trinajstić information content (AvgIpc) is 2.38. The van der Waals surface area contributed by atoms with E-state index in [-0.39, 0.29) is 0 Å². The molecule has 0 spiro atoms. The van der Waals surface area contributed by atoms with Gasteiger partial charge in [-0.05, 0) is 37.5 Å². The molecule has 0 fully saturated rings. The molecule has 68 valence electrons. The van der Waals surface area contributed by atoms with E-state index >= 15 is 0 Å². The molecule has 13 heavy (non-hydrogen) atoms. The first-order chi connectivity index (χ1) is 6.33. The minimum atomic E-state index is 1.06. The summed E-state index contributed by atoms with van der Waals surface area (Å²) in [4.78, 5) is 0. The maximum absolute atomic E-state index is 2.31. The van der Waals surface area contributed by atoms with Crippen LogP contribution in [0.3, 0.4) is 0 Å². The normalized spacial score (nSPS) is 14.3. The molecule has 0 amide bonds. The van der Waals surface area contributed by atoms with E-state index < -0.39 is 0 Å². The molecular formula is C12H15N. The van der Waals surface area contributed by atoms with E-state index in [0.717, 1.165) is 13.0 Å². The van der Waals surface area contributed by atoms with Gasteiger partial charge in [0.1, 0.15) is 0 Å². The van der Waals surface area contributed by atoms with E-state index in [4.69, 9.17) is 0 Å². The molecule has 0 aromatic carbocycles. The summed E-state index contributed by atoms with van der Waals surface area (Å²) in [5.41, 5.74) is 4.27. The molecule has 1 aromatic rings. The Morgan fingerprint density at radius 3 is 3.00 bits per heavy atom.